The van der Waals surface area contributed by atoms with Crippen LogP contribution in [0.25, 0.3) is 0 Å². The van der Waals surface area contributed by atoms with Crippen LogP contribution in [0.4, 0.5) is 4.79 Å². The van der Waals surface area contributed by atoms with E-state index in [2.05, 4.69) is 9.47 Å². The third kappa shape index (κ3) is 4.84. The molecule has 5 nitrogen and oxygen atoms in total. The van der Waals surface area contributed by atoms with Gasteiger partial charge in [0.1, 0.15) is 0 Å². The fourth-order valence-corrected chi connectivity index (χ4v) is 0.589. The molecule has 0 saturated carbocycles. The van der Waals surface area contributed by atoms with Gasteiger partial charge in [-0.15, -0.1) is 0 Å². The zero-order valence-electron chi connectivity index (χ0n) is 7.92. The van der Waals surface area contributed by atoms with E-state index in [0.717, 1.165) is 0 Å². The van der Waals surface area contributed by atoms with Crippen LogP contribution in [-0.2, 0) is 14.3 Å². The van der Waals surface area contributed by atoms with E-state index in [9.17, 15) is 9.59 Å². The highest BCUT2D eigenvalue weighted by molar-refractivity contribution is 6.01. The van der Waals surface area contributed by atoms with Gasteiger partial charge >= 0.3 is 6.09 Å². The molecule has 0 aliphatic rings. The molecule has 13 heavy (non-hydrogen) atoms. The number of alkyl carbamates (subject to hydrolysis) is 1. The number of hydrogen-bond donors (Lipinski definition) is 1. The zero-order chi connectivity index (χ0) is 10.3. The van der Waals surface area contributed by atoms with Crippen LogP contribution >= 0.6 is 0 Å². The van der Waals surface area contributed by atoms with E-state index >= 15 is 0 Å². The first-order valence-electron chi connectivity index (χ1n) is 3.79. The third-order valence-corrected chi connectivity index (χ3v) is 1.14. The van der Waals surface area contributed by atoms with E-state index in [1.807, 2.05) is 5.32 Å². The van der Waals surface area contributed by atoms with Crippen LogP contribution in [0.15, 0.2) is 11.8 Å². The highest BCUT2D eigenvalue weighted by Crippen LogP contribution is 1.92. The lowest BCUT2D eigenvalue weighted by Gasteiger charge is -2.03. The number of nitrogens with one attached hydrogen (secondary N) is 1. The molecule has 2 amide bonds. The maximum Gasteiger partial charge on any atom is 0.414 e. The third-order valence-electron chi connectivity index (χ3n) is 1.14. The first-order valence-corrected chi connectivity index (χ1v) is 3.79. The van der Waals surface area contributed by atoms with Crippen molar-refractivity contribution in [2.45, 2.75) is 13.8 Å². The maximum absolute atomic E-state index is 11.1. The molecule has 0 aliphatic carbocycles. The van der Waals surface area contributed by atoms with Crippen LogP contribution in [0, 0.1) is 0 Å². The van der Waals surface area contributed by atoms with Crippen molar-refractivity contribution in [3.8, 4) is 0 Å². The van der Waals surface area contributed by atoms with Crippen molar-refractivity contribution in [2.75, 3.05) is 13.7 Å². The van der Waals surface area contributed by atoms with Gasteiger partial charge < -0.3 is 9.47 Å². The molecule has 0 aliphatic heterocycles. The Balaban J connectivity index is 4.00. The number of rotatable bonds is 3. The minimum atomic E-state index is -0.753. The lowest BCUT2D eigenvalue weighted by Crippen LogP contribution is -2.31. The molecule has 0 bridgehead atoms. The Morgan fingerprint density at radius 3 is 2.54 bits per heavy atom. The average Bonchev–Trinajstić information content (AvgIpc) is 2.05. The van der Waals surface area contributed by atoms with Crippen molar-refractivity contribution in [3.05, 3.63) is 11.8 Å². The molecule has 0 unspecified atom stereocenters. The lowest BCUT2D eigenvalue weighted by atomic mass is 10.3. The SMILES string of the molecule is CCOC(=O)NC(=O)/C(C)=C\OC. The van der Waals surface area contributed by atoms with Crippen LogP contribution in [0.1, 0.15) is 13.8 Å². The van der Waals surface area contributed by atoms with Crippen LogP contribution < -0.4 is 5.32 Å². The number of amides is 2. The molecule has 5 heteroatoms. The molecular formula is C8H13NO4. The van der Waals surface area contributed by atoms with Gasteiger partial charge in [-0.3, -0.25) is 10.1 Å². The van der Waals surface area contributed by atoms with Crippen LogP contribution in [0.2, 0.25) is 0 Å². The molecule has 1 N–H and O–H groups in total. The summed E-state index contributed by atoms with van der Waals surface area (Å²) < 4.78 is 9.09. The molecule has 0 atom stereocenters. The normalized spacial score (nSPS) is 10.5. The number of ether oxygens (including phenoxy) is 2. The van der Waals surface area contributed by atoms with E-state index in [-0.39, 0.29) is 6.61 Å². The second-order valence-electron chi connectivity index (χ2n) is 2.21. The first kappa shape index (κ1) is 11.5. The Kier molecular flexibility index (Phi) is 5.34. The number of imide groups is 1. The van der Waals surface area contributed by atoms with Crippen molar-refractivity contribution in [1.82, 2.24) is 5.32 Å². The first-order chi connectivity index (χ1) is 6.11. The van der Waals surface area contributed by atoms with Crippen molar-refractivity contribution in [3.63, 3.8) is 0 Å². The van der Waals surface area contributed by atoms with Gasteiger partial charge in [0.25, 0.3) is 5.91 Å². The zero-order valence-corrected chi connectivity index (χ0v) is 7.92. The van der Waals surface area contributed by atoms with E-state index in [0.29, 0.717) is 5.57 Å². The van der Waals surface area contributed by atoms with Gasteiger partial charge in [-0.05, 0) is 13.8 Å². The Labute approximate surface area is 76.7 Å². The van der Waals surface area contributed by atoms with Crippen molar-refractivity contribution >= 4 is 12.0 Å². The van der Waals surface area contributed by atoms with Gasteiger partial charge in [0, 0.05) is 5.57 Å². The van der Waals surface area contributed by atoms with Gasteiger partial charge in [-0.25, -0.2) is 4.79 Å². The van der Waals surface area contributed by atoms with Gasteiger partial charge in [0.05, 0.1) is 20.0 Å². The molecule has 74 valence electrons. The van der Waals surface area contributed by atoms with Gasteiger partial charge in [-0.2, -0.15) is 0 Å². The summed E-state index contributed by atoms with van der Waals surface area (Å²) in [5.41, 5.74) is 0.301. The summed E-state index contributed by atoms with van der Waals surface area (Å²) in [5.74, 6) is -0.528. The van der Waals surface area contributed by atoms with Crippen molar-refractivity contribution in [1.29, 1.82) is 0 Å². The van der Waals surface area contributed by atoms with E-state index < -0.39 is 12.0 Å². The molecule has 0 spiro atoms. The molecule has 0 aromatic rings. The highest BCUT2D eigenvalue weighted by atomic mass is 16.5. The maximum atomic E-state index is 11.1. The van der Waals surface area contributed by atoms with Gasteiger partial charge in [0.15, 0.2) is 0 Å². The Morgan fingerprint density at radius 2 is 2.08 bits per heavy atom. The van der Waals surface area contributed by atoms with Crippen LogP contribution in [0.5, 0.6) is 0 Å². The quantitative estimate of drug-likeness (QED) is 0.524. The van der Waals surface area contributed by atoms with Crippen molar-refractivity contribution in [2.24, 2.45) is 0 Å². The topological polar surface area (TPSA) is 64.6 Å². The summed E-state index contributed by atoms with van der Waals surface area (Å²) in [5, 5.41) is 2.02. The summed E-state index contributed by atoms with van der Waals surface area (Å²) in [4.78, 5) is 21.8. The summed E-state index contributed by atoms with van der Waals surface area (Å²) >= 11 is 0. The van der Waals surface area contributed by atoms with E-state index in [1.165, 1.54) is 20.3 Å². The second-order valence-corrected chi connectivity index (χ2v) is 2.21. The van der Waals surface area contributed by atoms with Crippen LogP contribution in [-0.4, -0.2) is 25.7 Å². The minimum Gasteiger partial charge on any atom is -0.504 e. The second kappa shape index (κ2) is 6.05. The fraction of sp³-hybridized carbons (Fsp3) is 0.500. The molecular weight excluding hydrogens is 174 g/mol. The van der Waals surface area contributed by atoms with Crippen molar-refractivity contribution < 1.29 is 19.1 Å². The monoisotopic (exact) mass is 187 g/mol. The standard InChI is InChI=1S/C8H13NO4/c1-4-13-8(11)9-7(10)6(2)5-12-3/h5H,4H2,1-3H3,(H,9,10,11)/b6-5-. The Bertz CT molecular complexity index is 222. The van der Waals surface area contributed by atoms with Gasteiger partial charge in [-0.1, -0.05) is 0 Å². The summed E-state index contributed by atoms with van der Waals surface area (Å²) in [6.45, 7) is 3.41. The summed E-state index contributed by atoms with van der Waals surface area (Å²) in [7, 11) is 1.42. The lowest BCUT2D eigenvalue weighted by molar-refractivity contribution is -0.116. The largest absolute Gasteiger partial charge is 0.504 e. The number of carbonyl (C=O) groups is 2. The Hall–Kier alpha value is -1.52. The number of carbonyl (C=O) groups excluding carboxylic acids is 2. The number of hydrogen-bond acceptors (Lipinski definition) is 4. The molecule has 0 fully saturated rings. The van der Waals surface area contributed by atoms with E-state index in [4.69, 9.17) is 0 Å². The Morgan fingerprint density at radius 1 is 1.46 bits per heavy atom. The molecule has 0 aromatic heterocycles. The molecule has 0 saturated heterocycles. The summed E-state index contributed by atoms with van der Waals surface area (Å²) in [6.07, 6.45) is 0.491. The van der Waals surface area contributed by atoms with E-state index in [1.54, 1.807) is 6.92 Å². The minimum absolute atomic E-state index is 0.228. The van der Waals surface area contributed by atoms with Crippen LogP contribution in [0.3, 0.4) is 0 Å². The fourth-order valence-electron chi connectivity index (χ4n) is 0.589. The highest BCUT2D eigenvalue weighted by Gasteiger charge is 2.09. The molecule has 0 heterocycles. The molecule has 0 aromatic carbocycles. The predicted octanol–water partition coefficient (Wildman–Crippen LogP) is 0.809. The smallest absolute Gasteiger partial charge is 0.414 e. The molecule has 0 radical (unpaired) electrons. The number of methoxy groups -OCH3 is 1. The summed E-state index contributed by atoms with van der Waals surface area (Å²) in [6, 6.07) is 0. The molecule has 0 rings (SSSR count). The average molecular weight is 187 g/mol. The van der Waals surface area contributed by atoms with Gasteiger partial charge in [0.2, 0.25) is 0 Å². The predicted molar refractivity (Wildman–Crippen MR) is 45.9 cm³/mol.